The van der Waals surface area contributed by atoms with Crippen molar-refractivity contribution in [2.24, 2.45) is 12.9 Å². The average Bonchev–Trinajstić information content (AvgIpc) is 2.57. The van der Waals surface area contributed by atoms with Gasteiger partial charge in [-0.1, -0.05) is 12.1 Å². The first-order valence-electron chi connectivity index (χ1n) is 5.76. The maximum Gasteiger partial charge on any atom is 0.123 e. The van der Waals surface area contributed by atoms with Gasteiger partial charge >= 0.3 is 0 Å². The molecule has 1 heterocycles. The van der Waals surface area contributed by atoms with Crippen LogP contribution in [0.25, 0.3) is 0 Å². The molecule has 0 bridgehead atoms. The maximum absolute atomic E-state index is 13.3. The summed E-state index contributed by atoms with van der Waals surface area (Å²) in [5.74, 6) is 5.35. The van der Waals surface area contributed by atoms with Crippen LogP contribution in [0.1, 0.15) is 28.6 Å². The highest BCUT2D eigenvalue weighted by Gasteiger charge is 2.20. The second-order valence-electron chi connectivity index (χ2n) is 4.36. The Kier molecular flexibility index (Phi) is 3.45. The van der Waals surface area contributed by atoms with Crippen molar-refractivity contribution in [3.63, 3.8) is 0 Å². The van der Waals surface area contributed by atoms with Crippen LogP contribution in [0.2, 0.25) is 0 Å². The SMILES string of the molecule is Cc1nn(C)c(C)c1C(NN)c1cccc(F)c1. The molecule has 1 aromatic heterocycles. The molecule has 0 aliphatic rings. The minimum atomic E-state index is -0.271. The number of aryl methyl sites for hydroxylation is 2. The number of hydrazine groups is 1. The van der Waals surface area contributed by atoms with Gasteiger partial charge in [0.25, 0.3) is 0 Å². The summed E-state index contributed by atoms with van der Waals surface area (Å²) >= 11 is 0. The number of halogens is 1. The van der Waals surface area contributed by atoms with Crippen LogP contribution < -0.4 is 11.3 Å². The second-order valence-corrected chi connectivity index (χ2v) is 4.36. The lowest BCUT2D eigenvalue weighted by Gasteiger charge is -2.17. The quantitative estimate of drug-likeness (QED) is 0.642. The first-order chi connectivity index (χ1) is 8.54. The molecule has 1 aromatic carbocycles. The van der Waals surface area contributed by atoms with Crippen molar-refractivity contribution in [1.82, 2.24) is 15.2 Å². The number of rotatable bonds is 3. The van der Waals surface area contributed by atoms with Gasteiger partial charge in [0, 0.05) is 18.3 Å². The fourth-order valence-electron chi connectivity index (χ4n) is 2.24. The molecule has 4 nitrogen and oxygen atoms in total. The lowest BCUT2D eigenvalue weighted by molar-refractivity contribution is 0.602. The van der Waals surface area contributed by atoms with Crippen LogP contribution in [0.15, 0.2) is 24.3 Å². The number of nitrogens with two attached hydrogens (primary N) is 1. The van der Waals surface area contributed by atoms with E-state index in [1.165, 1.54) is 12.1 Å². The third-order valence-electron chi connectivity index (χ3n) is 3.20. The lowest BCUT2D eigenvalue weighted by atomic mass is 9.97. The van der Waals surface area contributed by atoms with Gasteiger partial charge in [-0.15, -0.1) is 0 Å². The fraction of sp³-hybridized carbons (Fsp3) is 0.308. The monoisotopic (exact) mass is 248 g/mol. The average molecular weight is 248 g/mol. The van der Waals surface area contributed by atoms with Crippen LogP contribution >= 0.6 is 0 Å². The van der Waals surface area contributed by atoms with Gasteiger partial charge in [0.05, 0.1) is 11.7 Å². The van der Waals surface area contributed by atoms with E-state index in [2.05, 4.69) is 10.5 Å². The zero-order valence-electron chi connectivity index (χ0n) is 10.7. The molecule has 0 saturated carbocycles. The molecule has 18 heavy (non-hydrogen) atoms. The summed E-state index contributed by atoms with van der Waals surface area (Å²) in [5.41, 5.74) is 6.42. The van der Waals surface area contributed by atoms with Gasteiger partial charge in [0.1, 0.15) is 5.82 Å². The molecule has 1 atom stereocenters. The van der Waals surface area contributed by atoms with Crippen LogP contribution in [0, 0.1) is 19.7 Å². The Balaban J connectivity index is 2.52. The number of hydrogen-bond acceptors (Lipinski definition) is 3. The van der Waals surface area contributed by atoms with Crippen molar-refractivity contribution >= 4 is 0 Å². The first kappa shape index (κ1) is 12.7. The predicted molar refractivity (Wildman–Crippen MR) is 68.2 cm³/mol. The molecule has 2 aromatic rings. The zero-order valence-corrected chi connectivity index (χ0v) is 10.7. The molecule has 0 spiro atoms. The van der Waals surface area contributed by atoms with E-state index in [9.17, 15) is 4.39 Å². The van der Waals surface area contributed by atoms with E-state index in [-0.39, 0.29) is 11.9 Å². The largest absolute Gasteiger partial charge is 0.272 e. The van der Waals surface area contributed by atoms with Crippen LogP contribution in [-0.4, -0.2) is 9.78 Å². The number of benzene rings is 1. The van der Waals surface area contributed by atoms with Gasteiger partial charge < -0.3 is 0 Å². The molecular weight excluding hydrogens is 231 g/mol. The van der Waals surface area contributed by atoms with E-state index in [0.29, 0.717) is 0 Å². The summed E-state index contributed by atoms with van der Waals surface area (Å²) in [6.45, 7) is 3.89. The first-order valence-corrected chi connectivity index (χ1v) is 5.76. The van der Waals surface area contributed by atoms with E-state index in [1.807, 2.05) is 27.0 Å². The molecule has 0 saturated heterocycles. The van der Waals surface area contributed by atoms with Crippen molar-refractivity contribution in [2.45, 2.75) is 19.9 Å². The Bertz CT molecular complexity index is 562. The zero-order chi connectivity index (χ0) is 13.3. The normalized spacial score (nSPS) is 12.7. The molecule has 0 radical (unpaired) electrons. The minimum absolute atomic E-state index is 0.255. The fourth-order valence-corrected chi connectivity index (χ4v) is 2.24. The van der Waals surface area contributed by atoms with Crippen molar-refractivity contribution in [2.75, 3.05) is 0 Å². The van der Waals surface area contributed by atoms with E-state index < -0.39 is 0 Å². The van der Waals surface area contributed by atoms with Gasteiger partial charge in [-0.05, 0) is 31.5 Å². The summed E-state index contributed by atoms with van der Waals surface area (Å²) in [7, 11) is 1.88. The van der Waals surface area contributed by atoms with Gasteiger partial charge in [-0.2, -0.15) is 5.10 Å². The topological polar surface area (TPSA) is 55.9 Å². The van der Waals surface area contributed by atoms with Gasteiger partial charge in [-0.25, -0.2) is 9.82 Å². The Labute approximate surface area is 106 Å². The number of aromatic nitrogens is 2. The molecule has 2 rings (SSSR count). The molecule has 0 fully saturated rings. The summed E-state index contributed by atoms with van der Waals surface area (Å²) in [6.07, 6.45) is 0. The molecule has 3 N–H and O–H groups in total. The Morgan fingerprint density at radius 2 is 2.11 bits per heavy atom. The summed E-state index contributed by atoms with van der Waals surface area (Å²) < 4.78 is 15.1. The van der Waals surface area contributed by atoms with E-state index in [0.717, 1.165) is 22.5 Å². The van der Waals surface area contributed by atoms with Crippen LogP contribution in [0.4, 0.5) is 4.39 Å². The highest BCUT2D eigenvalue weighted by Crippen LogP contribution is 2.27. The van der Waals surface area contributed by atoms with Crippen LogP contribution in [0.3, 0.4) is 0 Å². The molecule has 96 valence electrons. The van der Waals surface area contributed by atoms with Crippen molar-refractivity contribution in [3.05, 3.63) is 52.6 Å². The lowest BCUT2D eigenvalue weighted by Crippen LogP contribution is -2.29. The van der Waals surface area contributed by atoms with Crippen LogP contribution in [0.5, 0.6) is 0 Å². The number of nitrogens with zero attached hydrogens (tertiary/aromatic N) is 2. The summed E-state index contributed by atoms with van der Waals surface area (Å²) in [6, 6.07) is 6.17. The van der Waals surface area contributed by atoms with Gasteiger partial charge in [-0.3, -0.25) is 10.5 Å². The second kappa shape index (κ2) is 4.88. The third-order valence-corrected chi connectivity index (χ3v) is 3.20. The highest BCUT2D eigenvalue weighted by atomic mass is 19.1. The Morgan fingerprint density at radius 1 is 1.39 bits per heavy atom. The van der Waals surface area contributed by atoms with E-state index in [1.54, 1.807) is 10.7 Å². The molecule has 1 unspecified atom stereocenters. The molecule has 5 heteroatoms. The summed E-state index contributed by atoms with van der Waals surface area (Å²) in [4.78, 5) is 0. The molecule has 0 amide bonds. The van der Waals surface area contributed by atoms with E-state index in [4.69, 9.17) is 5.84 Å². The Morgan fingerprint density at radius 3 is 2.61 bits per heavy atom. The minimum Gasteiger partial charge on any atom is -0.272 e. The predicted octanol–water partition coefficient (Wildman–Crippen LogP) is 1.73. The van der Waals surface area contributed by atoms with Gasteiger partial charge in [0.15, 0.2) is 0 Å². The van der Waals surface area contributed by atoms with E-state index >= 15 is 0 Å². The molecular formula is C13H17FN4. The Hall–Kier alpha value is -1.72. The van der Waals surface area contributed by atoms with Crippen molar-refractivity contribution < 1.29 is 4.39 Å². The number of nitrogens with one attached hydrogen (secondary N) is 1. The number of hydrogen-bond donors (Lipinski definition) is 2. The van der Waals surface area contributed by atoms with Gasteiger partial charge in [0.2, 0.25) is 0 Å². The maximum atomic E-state index is 13.3. The smallest absolute Gasteiger partial charge is 0.123 e. The highest BCUT2D eigenvalue weighted by molar-refractivity contribution is 5.37. The summed E-state index contributed by atoms with van der Waals surface area (Å²) in [5, 5.41) is 4.35. The van der Waals surface area contributed by atoms with Crippen molar-refractivity contribution in [1.29, 1.82) is 0 Å². The standard InChI is InChI=1S/C13H17FN4/c1-8-12(9(2)18(3)17-8)13(16-15)10-5-4-6-11(14)7-10/h4-7,13,16H,15H2,1-3H3. The van der Waals surface area contributed by atoms with Crippen molar-refractivity contribution in [3.8, 4) is 0 Å². The van der Waals surface area contributed by atoms with Crippen LogP contribution in [-0.2, 0) is 7.05 Å². The molecule has 0 aliphatic carbocycles. The molecule has 0 aliphatic heterocycles. The third kappa shape index (κ3) is 2.14.